The number of rotatable bonds is 10. The van der Waals surface area contributed by atoms with Gasteiger partial charge in [-0.15, -0.1) is 0 Å². The Labute approximate surface area is 174 Å². The van der Waals surface area contributed by atoms with Crippen LogP contribution in [0.2, 0.25) is 25.7 Å². The summed E-state index contributed by atoms with van der Waals surface area (Å²) in [6, 6.07) is 7.44. The molecule has 0 unspecified atom stereocenters. The molecule has 3 rings (SSSR count). The van der Waals surface area contributed by atoms with Gasteiger partial charge in [-0.3, -0.25) is 0 Å². The molecule has 29 heavy (non-hydrogen) atoms. The van der Waals surface area contributed by atoms with Crippen molar-refractivity contribution in [3.63, 3.8) is 0 Å². The first-order valence-electron chi connectivity index (χ1n) is 10.4. The van der Waals surface area contributed by atoms with Crippen molar-refractivity contribution in [3.8, 4) is 0 Å². The smallest absolute Gasteiger partial charge is 0.183 e. The fraction of sp³-hybridized carbons (Fsp3) is 0.667. The molecule has 0 amide bonds. The van der Waals surface area contributed by atoms with Gasteiger partial charge in [-0.25, -0.2) is 4.68 Å². The first kappa shape index (κ1) is 22.2. The van der Waals surface area contributed by atoms with Crippen LogP contribution < -0.4 is 4.90 Å². The largest absolute Gasteiger partial charge is 0.383 e. The minimum atomic E-state index is -1.11. The van der Waals surface area contributed by atoms with E-state index in [9.17, 15) is 0 Å². The summed E-state index contributed by atoms with van der Waals surface area (Å²) in [5, 5.41) is 5.93. The van der Waals surface area contributed by atoms with E-state index in [1.807, 2.05) is 11.7 Å². The van der Waals surface area contributed by atoms with Gasteiger partial charge in [-0.1, -0.05) is 25.7 Å². The van der Waals surface area contributed by atoms with Crippen LogP contribution >= 0.6 is 0 Å². The molecule has 1 aromatic heterocycles. The third kappa shape index (κ3) is 6.02. The lowest BCUT2D eigenvalue weighted by atomic mass is 10.1. The summed E-state index contributed by atoms with van der Waals surface area (Å²) in [4.78, 5) is 2.12. The molecule has 0 radical (unpaired) electrons. The molecule has 1 fully saturated rings. The number of aromatic nitrogens is 2. The lowest BCUT2D eigenvalue weighted by molar-refractivity contribution is -0.182. The van der Waals surface area contributed by atoms with Gasteiger partial charge in [-0.2, -0.15) is 5.10 Å². The molecule has 7 nitrogen and oxygen atoms in total. The highest BCUT2D eigenvalue weighted by Gasteiger charge is 2.21. The van der Waals surface area contributed by atoms with Crippen molar-refractivity contribution >= 4 is 24.8 Å². The summed E-state index contributed by atoms with van der Waals surface area (Å²) in [5.41, 5.74) is 2.08. The van der Waals surface area contributed by atoms with Crippen LogP contribution in [0.5, 0.6) is 0 Å². The Kier molecular flexibility index (Phi) is 7.70. The Morgan fingerprint density at radius 1 is 1.21 bits per heavy atom. The van der Waals surface area contributed by atoms with E-state index in [-0.39, 0.29) is 6.29 Å². The topological polar surface area (TPSA) is 58.0 Å². The molecule has 0 N–H and O–H groups in total. The van der Waals surface area contributed by atoms with Gasteiger partial charge in [0.15, 0.2) is 12.1 Å². The van der Waals surface area contributed by atoms with Crippen LogP contribution in [0.4, 0.5) is 5.82 Å². The molecular formula is C21H35N3O4Si. The summed E-state index contributed by atoms with van der Waals surface area (Å²) < 4.78 is 24.7. The lowest BCUT2D eigenvalue weighted by Crippen LogP contribution is -2.23. The number of benzene rings is 1. The summed E-state index contributed by atoms with van der Waals surface area (Å²) in [6.07, 6.45) is 0.637. The number of hydrogen-bond donors (Lipinski definition) is 0. The van der Waals surface area contributed by atoms with E-state index in [2.05, 4.69) is 42.7 Å². The van der Waals surface area contributed by atoms with E-state index >= 15 is 0 Å². The minimum absolute atomic E-state index is 0.304. The van der Waals surface area contributed by atoms with Gasteiger partial charge in [-0.05, 0) is 24.6 Å². The van der Waals surface area contributed by atoms with Crippen molar-refractivity contribution in [1.29, 1.82) is 0 Å². The second kappa shape index (κ2) is 10.0. The zero-order valence-electron chi connectivity index (χ0n) is 18.4. The quantitative estimate of drug-likeness (QED) is 0.429. The Balaban J connectivity index is 1.84. The molecular weight excluding hydrogens is 386 g/mol. The first-order valence-corrected chi connectivity index (χ1v) is 14.1. The highest BCUT2D eigenvalue weighted by molar-refractivity contribution is 6.76. The van der Waals surface area contributed by atoms with Crippen molar-refractivity contribution in [2.45, 2.75) is 45.1 Å². The zero-order valence-corrected chi connectivity index (χ0v) is 19.4. The van der Waals surface area contributed by atoms with E-state index in [0.717, 1.165) is 61.1 Å². The number of methoxy groups -OCH3 is 1. The molecule has 0 spiro atoms. The zero-order chi connectivity index (χ0) is 20.9. The van der Waals surface area contributed by atoms with Crippen LogP contribution in [0, 0.1) is 0 Å². The summed E-state index contributed by atoms with van der Waals surface area (Å²) >= 11 is 0. The number of likely N-dealkylation sites (N-methyl/N-ethyl adjacent to an activating group) is 1. The third-order valence-corrected chi connectivity index (χ3v) is 6.76. The number of fused-ring (bicyclic) bond motifs is 1. The summed E-state index contributed by atoms with van der Waals surface area (Å²) in [5.74, 6) is 0.920. The average molecular weight is 422 g/mol. The predicted octanol–water partition coefficient (Wildman–Crippen LogP) is 3.87. The monoisotopic (exact) mass is 421 g/mol. The van der Waals surface area contributed by atoms with Crippen molar-refractivity contribution in [2.24, 2.45) is 0 Å². The second-order valence-corrected chi connectivity index (χ2v) is 14.4. The second-order valence-electron chi connectivity index (χ2n) is 8.79. The Morgan fingerprint density at radius 3 is 2.66 bits per heavy atom. The third-order valence-electron chi connectivity index (χ3n) is 5.06. The maximum Gasteiger partial charge on any atom is 0.183 e. The fourth-order valence-corrected chi connectivity index (χ4v) is 4.01. The van der Waals surface area contributed by atoms with E-state index in [1.54, 1.807) is 7.11 Å². The normalized spacial score (nSPS) is 15.9. The van der Waals surface area contributed by atoms with Crippen molar-refractivity contribution in [3.05, 3.63) is 23.8 Å². The summed E-state index contributed by atoms with van der Waals surface area (Å²) in [6.45, 7) is 11.2. The standard InChI is InChI=1S/C21H35N3O4Si/c1-23(9-12-25-2)20-18-15-17(21-27-10-6-11-28-21)7-8-19(18)24(22-20)16-26-13-14-29(3,4)5/h7-8,15,21H,6,9-14,16H2,1-5H3. The molecule has 0 bridgehead atoms. The first-order chi connectivity index (χ1) is 13.9. The van der Waals surface area contributed by atoms with E-state index in [0.29, 0.717) is 13.3 Å². The van der Waals surface area contributed by atoms with E-state index < -0.39 is 8.07 Å². The molecule has 0 saturated carbocycles. The fourth-order valence-electron chi connectivity index (χ4n) is 3.25. The molecule has 1 aliphatic heterocycles. The van der Waals surface area contributed by atoms with Gasteiger partial charge >= 0.3 is 0 Å². The van der Waals surface area contributed by atoms with Gasteiger partial charge in [0.1, 0.15) is 6.73 Å². The lowest BCUT2D eigenvalue weighted by Gasteiger charge is -2.23. The Hall–Kier alpha value is -1.45. The van der Waals surface area contributed by atoms with Gasteiger partial charge in [0.05, 0.1) is 25.3 Å². The molecule has 1 saturated heterocycles. The molecule has 0 atom stereocenters. The highest BCUT2D eigenvalue weighted by atomic mass is 28.3. The molecule has 162 valence electrons. The van der Waals surface area contributed by atoms with E-state index in [4.69, 9.17) is 24.0 Å². The van der Waals surface area contributed by atoms with Crippen molar-refractivity contribution in [1.82, 2.24) is 9.78 Å². The van der Waals surface area contributed by atoms with E-state index in [1.165, 1.54) is 0 Å². The molecule has 1 aliphatic rings. The molecule has 2 heterocycles. The van der Waals surface area contributed by atoms with Crippen LogP contribution in [0.25, 0.3) is 10.9 Å². The minimum Gasteiger partial charge on any atom is -0.383 e. The number of ether oxygens (including phenoxy) is 4. The van der Waals surface area contributed by atoms with Gasteiger partial charge < -0.3 is 23.8 Å². The van der Waals surface area contributed by atoms with Gasteiger partial charge in [0.2, 0.25) is 0 Å². The number of anilines is 1. The van der Waals surface area contributed by atoms with Crippen LogP contribution in [0.3, 0.4) is 0 Å². The van der Waals surface area contributed by atoms with Gasteiger partial charge in [0.25, 0.3) is 0 Å². The van der Waals surface area contributed by atoms with Crippen molar-refractivity contribution in [2.75, 3.05) is 52.0 Å². The maximum atomic E-state index is 5.97. The SMILES string of the molecule is COCCN(C)c1nn(COCC[Si](C)(C)C)c2ccc(C3OCCCO3)cc12. The average Bonchev–Trinajstić information content (AvgIpc) is 3.07. The highest BCUT2D eigenvalue weighted by Crippen LogP contribution is 2.31. The van der Waals surface area contributed by atoms with Crippen LogP contribution in [0.15, 0.2) is 18.2 Å². The maximum absolute atomic E-state index is 5.97. The Morgan fingerprint density at radius 2 is 1.97 bits per heavy atom. The van der Waals surface area contributed by atoms with Crippen LogP contribution in [-0.2, 0) is 25.7 Å². The number of hydrogen-bond acceptors (Lipinski definition) is 6. The molecule has 1 aromatic carbocycles. The Bertz CT molecular complexity index is 784. The molecule has 2 aromatic rings. The van der Waals surface area contributed by atoms with Crippen LogP contribution in [0.1, 0.15) is 18.3 Å². The molecule has 8 heteroatoms. The van der Waals surface area contributed by atoms with Gasteiger partial charge in [0, 0.05) is 46.3 Å². The van der Waals surface area contributed by atoms with Crippen LogP contribution in [-0.4, -0.2) is 65.0 Å². The summed E-state index contributed by atoms with van der Waals surface area (Å²) in [7, 11) is 2.65. The number of nitrogens with zero attached hydrogens (tertiary/aromatic N) is 3. The predicted molar refractivity (Wildman–Crippen MR) is 118 cm³/mol. The van der Waals surface area contributed by atoms with Crippen molar-refractivity contribution < 1.29 is 18.9 Å². The molecule has 0 aliphatic carbocycles.